The highest BCUT2D eigenvalue weighted by Gasteiger charge is 2.45. The first-order chi connectivity index (χ1) is 34.6. The molecule has 3 aromatic rings. The zero-order valence-electron chi connectivity index (χ0n) is 41.7. The molecular weight excluding hydrogens is 940 g/mol. The monoisotopic (exact) mass is 1010 g/mol. The first kappa shape index (κ1) is 54.2. The number of likely N-dealkylation sites (tertiary alicyclic amines) is 3. The molecule has 0 radical (unpaired) electrons. The van der Waals surface area contributed by atoms with E-state index in [4.69, 9.17) is 14.2 Å². The maximum absolute atomic E-state index is 14.0. The molecule has 1 saturated carbocycles. The van der Waals surface area contributed by atoms with Crippen molar-refractivity contribution in [3.05, 3.63) is 60.2 Å². The van der Waals surface area contributed by atoms with Crippen molar-refractivity contribution in [2.45, 2.75) is 114 Å². The van der Waals surface area contributed by atoms with Gasteiger partial charge in [0, 0.05) is 75.9 Å². The molecule has 0 spiro atoms. The fraction of sp³-hybridized carbons (Fsp3) is 0.640. The number of rotatable bonds is 24. The fourth-order valence-corrected chi connectivity index (χ4v) is 10.4. The van der Waals surface area contributed by atoms with Crippen molar-refractivity contribution in [1.82, 2.24) is 50.5 Å². The SMILES string of the molecule is CC(C)N(C)[C@@H]1CC[C@H](N2CC[C@H](Nc3ncnc4ccc(C(F)(F)F)cc34)C2=O)[C@H](NC(=O)CCOCCOCCNC(=O)[C@@H]2CCCN2CCOCCNC(=O)[C@H]2CC(=O)N(C)[C@@H]2c2cccnc2)C1. The zero-order valence-corrected chi connectivity index (χ0v) is 41.7. The number of benzene rings is 1. The lowest BCUT2D eigenvalue weighted by molar-refractivity contribution is -0.137. The molecule has 4 N–H and O–H groups in total. The van der Waals surface area contributed by atoms with Gasteiger partial charge in [-0.15, -0.1) is 0 Å². The summed E-state index contributed by atoms with van der Waals surface area (Å²) < 4.78 is 57.9. The Labute approximate surface area is 418 Å². The van der Waals surface area contributed by atoms with E-state index in [1.165, 1.54) is 12.4 Å². The van der Waals surface area contributed by atoms with Crippen LogP contribution in [-0.4, -0.2) is 187 Å². The Balaban J connectivity index is 0.767. The molecular formula is C50H70F3N11O8. The molecule has 2 aromatic heterocycles. The van der Waals surface area contributed by atoms with Crippen LogP contribution >= 0.6 is 0 Å². The first-order valence-electron chi connectivity index (χ1n) is 25.2. The number of carbonyl (C=O) groups is 5. The van der Waals surface area contributed by atoms with Gasteiger partial charge in [-0.25, -0.2) is 9.97 Å². The van der Waals surface area contributed by atoms with Gasteiger partial charge in [0.2, 0.25) is 29.5 Å². The molecule has 394 valence electrons. The average Bonchev–Trinajstić information content (AvgIpc) is 4.07. The van der Waals surface area contributed by atoms with Gasteiger partial charge in [0.15, 0.2) is 0 Å². The molecule has 7 rings (SSSR count). The summed E-state index contributed by atoms with van der Waals surface area (Å²) in [4.78, 5) is 86.1. The molecule has 4 aliphatic rings. The van der Waals surface area contributed by atoms with Gasteiger partial charge in [0.1, 0.15) is 18.2 Å². The number of aromatic nitrogens is 3. The maximum atomic E-state index is 14.0. The summed E-state index contributed by atoms with van der Waals surface area (Å²) in [5.74, 6) is -1.10. The van der Waals surface area contributed by atoms with Crippen LogP contribution in [0, 0.1) is 5.92 Å². The largest absolute Gasteiger partial charge is 0.416 e. The van der Waals surface area contributed by atoms with Crippen LogP contribution < -0.4 is 21.3 Å². The second-order valence-electron chi connectivity index (χ2n) is 19.3. The summed E-state index contributed by atoms with van der Waals surface area (Å²) in [5.41, 5.74) is 0.315. The molecule has 4 fully saturated rings. The standard InChI is InChI=1S/C50H70F3N11O8/c1-32(2)61(3)35-10-12-41(64-19-13-39(49(64)69)60-46-36-27-34(50(51,52)53)9-11-38(36)57-31-58-46)40(28-35)59-43(65)14-21-70-25-26-72-23-17-56-48(68)42-8-6-18-63(42)20-24-71-22-16-55-47(67)37-29-44(66)62(4)45(37)33-7-5-15-54-30-33/h5,7,9,11,15,27,30-32,35,37,39-42,45H,6,8,10,12-14,16-26,28-29H2,1-4H3,(H,55,67)(H,56,68)(H,59,65)(H,57,58,60)/t35-,37+,39+,40-,41+,42+,45-/m1/s1. The molecule has 1 aromatic carbocycles. The highest BCUT2D eigenvalue weighted by Crippen LogP contribution is 2.37. The third-order valence-corrected chi connectivity index (χ3v) is 14.5. The summed E-state index contributed by atoms with van der Waals surface area (Å²) in [5, 5.41) is 12.3. The van der Waals surface area contributed by atoms with Crippen LogP contribution in [0.5, 0.6) is 0 Å². The highest BCUT2D eigenvalue weighted by molar-refractivity contribution is 5.93. The number of nitrogens with one attached hydrogen (secondary N) is 4. The third-order valence-electron chi connectivity index (χ3n) is 14.5. The summed E-state index contributed by atoms with van der Waals surface area (Å²) in [7, 11) is 3.77. The molecule has 5 amide bonds. The number of halogens is 3. The van der Waals surface area contributed by atoms with Gasteiger partial charge in [0.25, 0.3) is 0 Å². The van der Waals surface area contributed by atoms with Gasteiger partial charge in [-0.05, 0) is 95.8 Å². The number of carbonyl (C=O) groups excluding carboxylic acids is 5. The smallest absolute Gasteiger partial charge is 0.379 e. The predicted molar refractivity (Wildman–Crippen MR) is 260 cm³/mol. The number of alkyl halides is 3. The lowest BCUT2D eigenvalue weighted by Gasteiger charge is -2.44. The molecule has 0 bridgehead atoms. The van der Waals surface area contributed by atoms with Crippen molar-refractivity contribution in [3.63, 3.8) is 0 Å². The van der Waals surface area contributed by atoms with Crippen molar-refractivity contribution in [1.29, 1.82) is 0 Å². The van der Waals surface area contributed by atoms with E-state index in [1.54, 1.807) is 35.3 Å². The Morgan fingerprint density at radius 2 is 1.65 bits per heavy atom. The Morgan fingerprint density at radius 1 is 0.903 bits per heavy atom. The van der Waals surface area contributed by atoms with Crippen LogP contribution in [0.3, 0.4) is 0 Å². The van der Waals surface area contributed by atoms with Crippen molar-refractivity contribution < 1.29 is 51.4 Å². The van der Waals surface area contributed by atoms with Gasteiger partial charge in [-0.3, -0.25) is 33.9 Å². The van der Waals surface area contributed by atoms with Crippen LogP contribution in [0.25, 0.3) is 10.9 Å². The van der Waals surface area contributed by atoms with Gasteiger partial charge in [-0.1, -0.05) is 6.07 Å². The van der Waals surface area contributed by atoms with Crippen LogP contribution in [-0.2, 0) is 44.4 Å². The third kappa shape index (κ3) is 13.9. The van der Waals surface area contributed by atoms with Crippen LogP contribution in [0.2, 0.25) is 0 Å². The average molecular weight is 1010 g/mol. The second-order valence-corrected chi connectivity index (χ2v) is 19.3. The van der Waals surface area contributed by atoms with E-state index in [-0.39, 0.29) is 110 Å². The number of hydrogen-bond acceptors (Lipinski definition) is 14. The van der Waals surface area contributed by atoms with Gasteiger partial charge in [0.05, 0.1) is 80.8 Å². The number of ether oxygens (including phenoxy) is 3. The predicted octanol–water partition coefficient (Wildman–Crippen LogP) is 3.16. The van der Waals surface area contributed by atoms with E-state index in [0.717, 1.165) is 43.5 Å². The van der Waals surface area contributed by atoms with Crippen molar-refractivity contribution in [2.24, 2.45) is 5.92 Å². The van der Waals surface area contributed by atoms with Gasteiger partial charge in [-0.2, -0.15) is 13.2 Å². The Bertz CT molecular complexity index is 2320. The zero-order chi connectivity index (χ0) is 51.4. The first-order valence-corrected chi connectivity index (χ1v) is 25.2. The molecule has 7 atom stereocenters. The minimum Gasteiger partial charge on any atom is -0.379 e. The summed E-state index contributed by atoms with van der Waals surface area (Å²) in [6.45, 7) is 8.33. The lowest BCUT2D eigenvalue weighted by atomic mass is 9.84. The quantitative estimate of drug-likeness (QED) is 0.0951. The Hall–Kier alpha value is -5.55. The minimum absolute atomic E-state index is 0.0696. The Kier molecular flexibility index (Phi) is 19.1. The van der Waals surface area contributed by atoms with Gasteiger partial charge < -0.3 is 50.2 Å². The van der Waals surface area contributed by atoms with E-state index in [1.807, 2.05) is 6.07 Å². The molecule has 1 aliphatic carbocycles. The van der Waals surface area contributed by atoms with Crippen molar-refractivity contribution in [3.8, 4) is 0 Å². The number of hydrogen-bond donors (Lipinski definition) is 4. The topological polar surface area (TPSA) is 213 Å². The van der Waals surface area contributed by atoms with E-state index in [9.17, 15) is 37.1 Å². The van der Waals surface area contributed by atoms with E-state index >= 15 is 0 Å². The number of pyridine rings is 1. The molecule has 72 heavy (non-hydrogen) atoms. The summed E-state index contributed by atoms with van der Waals surface area (Å²) >= 11 is 0. The number of nitrogens with zero attached hydrogens (tertiary/aromatic N) is 7. The van der Waals surface area contributed by atoms with Crippen LogP contribution in [0.1, 0.15) is 82.4 Å². The number of anilines is 1. The van der Waals surface area contributed by atoms with Crippen molar-refractivity contribution >= 4 is 46.3 Å². The molecule has 3 aliphatic heterocycles. The van der Waals surface area contributed by atoms with Crippen molar-refractivity contribution in [2.75, 3.05) is 91.8 Å². The molecule has 3 saturated heterocycles. The number of fused-ring (bicyclic) bond motifs is 1. The molecule has 5 heterocycles. The minimum atomic E-state index is -4.55. The van der Waals surface area contributed by atoms with E-state index < -0.39 is 23.7 Å². The van der Waals surface area contributed by atoms with Gasteiger partial charge >= 0.3 is 6.18 Å². The van der Waals surface area contributed by atoms with E-state index in [2.05, 4.69) is 66.9 Å². The fourth-order valence-electron chi connectivity index (χ4n) is 10.4. The second kappa shape index (κ2) is 25.4. The normalized spacial score (nSPS) is 23.9. The summed E-state index contributed by atoms with van der Waals surface area (Å²) in [6.07, 6.45) is 4.49. The van der Waals surface area contributed by atoms with E-state index in [0.29, 0.717) is 70.8 Å². The number of amides is 5. The van der Waals surface area contributed by atoms with Crippen LogP contribution in [0.15, 0.2) is 49.1 Å². The summed E-state index contributed by atoms with van der Waals surface area (Å²) in [6, 6.07) is 5.45. The Morgan fingerprint density at radius 3 is 2.39 bits per heavy atom. The maximum Gasteiger partial charge on any atom is 0.416 e. The lowest BCUT2D eigenvalue weighted by Crippen LogP contribution is -2.58. The van der Waals surface area contributed by atoms with Crippen LogP contribution in [0.4, 0.5) is 19.0 Å². The molecule has 22 heteroatoms. The highest BCUT2D eigenvalue weighted by atomic mass is 19.4. The molecule has 0 unspecified atom stereocenters. The molecule has 19 nitrogen and oxygen atoms in total.